The van der Waals surface area contributed by atoms with E-state index in [0.29, 0.717) is 17.1 Å². The fourth-order valence-corrected chi connectivity index (χ4v) is 4.36. The summed E-state index contributed by atoms with van der Waals surface area (Å²) in [6.07, 6.45) is 0. The summed E-state index contributed by atoms with van der Waals surface area (Å²) >= 11 is 1.66. The minimum atomic E-state index is -0.200. The van der Waals surface area contributed by atoms with Crippen molar-refractivity contribution in [2.45, 2.75) is 0 Å². The number of carbonyl (C=O) groups is 1. The second kappa shape index (κ2) is 8.26. The number of aromatic nitrogens is 1. The lowest BCUT2D eigenvalue weighted by atomic mass is 10.2. The van der Waals surface area contributed by atoms with Gasteiger partial charge in [0.05, 0.1) is 24.4 Å². The van der Waals surface area contributed by atoms with Crippen LogP contribution in [0.2, 0.25) is 0 Å². The molecule has 1 aromatic heterocycles. The number of amides is 1. The van der Waals surface area contributed by atoms with Crippen molar-refractivity contribution in [2.24, 2.45) is 0 Å². The van der Waals surface area contributed by atoms with Crippen LogP contribution in [0.5, 0.6) is 11.5 Å². The Labute approximate surface area is 173 Å². The highest BCUT2D eigenvalue weighted by atomic mass is 32.1. The summed E-state index contributed by atoms with van der Waals surface area (Å²) in [7, 11) is 5.26. The van der Waals surface area contributed by atoms with Gasteiger partial charge in [0.1, 0.15) is 0 Å². The molecule has 1 saturated heterocycles. The molecule has 0 unspecified atom stereocenters. The van der Waals surface area contributed by atoms with Crippen LogP contribution in [0.1, 0.15) is 10.4 Å². The number of likely N-dealkylation sites (N-methyl/N-ethyl adjacent to an activating group) is 1. The van der Waals surface area contributed by atoms with Crippen LogP contribution in [-0.2, 0) is 0 Å². The molecule has 1 aliphatic rings. The van der Waals surface area contributed by atoms with Crippen molar-refractivity contribution in [1.82, 2.24) is 9.88 Å². The number of methoxy groups -OCH3 is 2. The van der Waals surface area contributed by atoms with Gasteiger partial charge in [-0.2, -0.15) is 0 Å². The van der Waals surface area contributed by atoms with Gasteiger partial charge in [-0.3, -0.25) is 4.79 Å². The number of nitrogens with zero attached hydrogens (tertiary/aromatic N) is 3. The van der Waals surface area contributed by atoms with Crippen LogP contribution in [0.3, 0.4) is 0 Å². The summed E-state index contributed by atoms with van der Waals surface area (Å²) in [4.78, 5) is 22.1. The van der Waals surface area contributed by atoms with Crippen LogP contribution >= 0.6 is 11.3 Å². The summed E-state index contributed by atoms with van der Waals surface area (Å²) in [6, 6.07) is 10.9. The number of anilines is 2. The number of piperazine rings is 1. The highest BCUT2D eigenvalue weighted by Gasteiger charge is 2.18. The zero-order valence-electron chi connectivity index (χ0n) is 16.8. The van der Waals surface area contributed by atoms with Gasteiger partial charge < -0.3 is 24.6 Å². The average Bonchev–Trinajstić information content (AvgIpc) is 3.17. The minimum absolute atomic E-state index is 0.200. The Morgan fingerprint density at radius 2 is 1.79 bits per heavy atom. The van der Waals surface area contributed by atoms with Gasteiger partial charge >= 0.3 is 0 Å². The van der Waals surface area contributed by atoms with Gasteiger partial charge in [-0.25, -0.2) is 4.98 Å². The van der Waals surface area contributed by atoms with Crippen molar-refractivity contribution >= 4 is 38.3 Å². The van der Waals surface area contributed by atoms with E-state index in [2.05, 4.69) is 22.2 Å². The zero-order valence-corrected chi connectivity index (χ0v) is 17.6. The third kappa shape index (κ3) is 4.13. The minimum Gasteiger partial charge on any atom is -0.493 e. The number of fused-ring (bicyclic) bond motifs is 1. The van der Waals surface area contributed by atoms with Crippen LogP contribution < -0.4 is 19.7 Å². The molecule has 0 saturated carbocycles. The highest BCUT2D eigenvalue weighted by Crippen LogP contribution is 2.32. The maximum Gasteiger partial charge on any atom is 0.255 e. The Morgan fingerprint density at radius 3 is 2.52 bits per heavy atom. The van der Waals surface area contributed by atoms with Crippen LogP contribution in [-0.4, -0.2) is 63.2 Å². The van der Waals surface area contributed by atoms with Crippen molar-refractivity contribution in [3.63, 3.8) is 0 Å². The molecule has 152 valence electrons. The van der Waals surface area contributed by atoms with Crippen molar-refractivity contribution in [3.05, 3.63) is 42.0 Å². The van der Waals surface area contributed by atoms with Gasteiger partial charge in [0, 0.05) is 37.4 Å². The number of benzene rings is 2. The lowest BCUT2D eigenvalue weighted by molar-refractivity contribution is 0.102. The first-order valence-corrected chi connectivity index (χ1v) is 10.3. The first-order chi connectivity index (χ1) is 14.1. The van der Waals surface area contributed by atoms with Crippen LogP contribution in [0.4, 0.5) is 10.8 Å². The van der Waals surface area contributed by atoms with Gasteiger partial charge in [0.2, 0.25) is 0 Å². The number of nitrogens with one attached hydrogen (secondary N) is 1. The monoisotopic (exact) mass is 412 g/mol. The third-order valence-corrected chi connectivity index (χ3v) is 6.13. The molecule has 0 bridgehead atoms. The molecular formula is C21H24N4O3S. The van der Waals surface area contributed by atoms with E-state index in [1.165, 1.54) is 0 Å². The third-order valence-electron chi connectivity index (χ3n) is 5.05. The van der Waals surface area contributed by atoms with Crippen LogP contribution in [0.15, 0.2) is 36.4 Å². The first-order valence-electron chi connectivity index (χ1n) is 9.45. The lowest BCUT2D eigenvalue weighted by Crippen LogP contribution is -2.44. The Hall–Kier alpha value is -2.84. The molecule has 1 N–H and O–H groups in total. The molecule has 8 heteroatoms. The largest absolute Gasteiger partial charge is 0.493 e. The summed E-state index contributed by atoms with van der Waals surface area (Å²) in [5.41, 5.74) is 2.20. The maximum absolute atomic E-state index is 12.7. The second-order valence-corrected chi connectivity index (χ2v) is 8.00. The highest BCUT2D eigenvalue weighted by molar-refractivity contribution is 7.22. The van der Waals surface area contributed by atoms with E-state index in [1.54, 1.807) is 43.8 Å². The van der Waals surface area contributed by atoms with E-state index < -0.39 is 0 Å². The number of rotatable bonds is 5. The van der Waals surface area contributed by atoms with Gasteiger partial charge in [0.25, 0.3) is 5.91 Å². The van der Waals surface area contributed by atoms with Gasteiger partial charge in [0.15, 0.2) is 16.6 Å². The molecule has 0 atom stereocenters. The molecule has 1 aliphatic heterocycles. The number of carbonyl (C=O) groups excluding carboxylic acids is 1. The molecule has 1 amide bonds. The molecule has 29 heavy (non-hydrogen) atoms. The molecule has 4 rings (SSSR count). The normalized spacial score (nSPS) is 14.8. The Kier molecular flexibility index (Phi) is 5.55. The molecule has 1 fully saturated rings. The van der Waals surface area contributed by atoms with E-state index in [4.69, 9.17) is 14.5 Å². The van der Waals surface area contributed by atoms with E-state index in [1.807, 2.05) is 18.2 Å². The Bertz CT molecular complexity index is 1030. The standard InChI is InChI=1S/C21H24N4O3S/c1-24-8-10-25(11-9-24)21-23-16-6-5-15(13-19(16)29-21)22-20(26)14-4-7-17(27-2)18(12-14)28-3/h4-7,12-13H,8-11H2,1-3H3,(H,22,26). The zero-order chi connectivity index (χ0) is 20.4. The number of hydrogen-bond acceptors (Lipinski definition) is 7. The molecule has 0 spiro atoms. The SMILES string of the molecule is COc1ccc(C(=O)Nc2ccc3nc(N4CCN(C)CC4)sc3c2)cc1OC. The lowest BCUT2D eigenvalue weighted by Gasteiger charge is -2.31. The summed E-state index contributed by atoms with van der Waals surface area (Å²) < 4.78 is 11.6. The predicted molar refractivity (Wildman–Crippen MR) is 117 cm³/mol. The topological polar surface area (TPSA) is 66.9 Å². The van der Waals surface area contributed by atoms with E-state index in [-0.39, 0.29) is 5.91 Å². The van der Waals surface area contributed by atoms with Crippen LogP contribution in [0, 0.1) is 0 Å². The molecule has 0 aliphatic carbocycles. The van der Waals surface area contributed by atoms with Crippen LogP contribution in [0.25, 0.3) is 10.2 Å². The van der Waals surface area contributed by atoms with E-state index in [9.17, 15) is 4.79 Å². The Balaban J connectivity index is 1.51. The quantitative estimate of drug-likeness (QED) is 0.694. The molecule has 7 nitrogen and oxygen atoms in total. The van der Waals surface area contributed by atoms with Crippen molar-refractivity contribution in [2.75, 3.05) is 57.7 Å². The van der Waals surface area contributed by atoms with Crippen molar-refractivity contribution < 1.29 is 14.3 Å². The fraction of sp³-hybridized carbons (Fsp3) is 0.333. The number of hydrogen-bond donors (Lipinski definition) is 1. The van der Waals surface area contributed by atoms with E-state index in [0.717, 1.165) is 47.2 Å². The van der Waals surface area contributed by atoms with Crippen molar-refractivity contribution in [3.8, 4) is 11.5 Å². The second-order valence-electron chi connectivity index (χ2n) is 6.99. The molecule has 0 radical (unpaired) electrons. The van der Waals surface area contributed by atoms with Gasteiger partial charge in [-0.15, -0.1) is 0 Å². The molecule has 3 aromatic rings. The Morgan fingerprint density at radius 1 is 1.03 bits per heavy atom. The van der Waals surface area contributed by atoms with Gasteiger partial charge in [-0.1, -0.05) is 11.3 Å². The molecule has 2 aromatic carbocycles. The van der Waals surface area contributed by atoms with Crippen molar-refractivity contribution in [1.29, 1.82) is 0 Å². The number of ether oxygens (including phenoxy) is 2. The molecule has 2 heterocycles. The summed E-state index contributed by atoms with van der Waals surface area (Å²) in [5, 5.41) is 4.00. The molecular weight excluding hydrogens is 388 g/mol. The summed E-state index contributed by atoms with van der Waals surface area (Å²) in [5.74, 6) is 0.913. The predicted octanol–water partition coefficient (Wildman–Crippen LogP) is 3.32. The van der Waals surface area contributed by atoms with E-state index >= 15 is 0 Å². The van der Waals surface area contributed by atoms with Gasteiger partial charge in [-0.05, 0) is 43.4 Å². The first kappa shape index (κ1) is 19.5. The number of thiazole rings is 1. The average molecular weight is 413 g/mol. The smallest absolute Gasteiger partial charge is 0.255 e. The summed E-state index contributed by atoms with van der Waals surface area (Å²) in [6.45, 7) is 4.06. The maximum atomic E-state index is 12.7. The fourth-order valence-electron chi connectivity index (χ4n) is 3.30.